The molecule has 1 saturated heterocycles. The van der Waals surface area contributed by atoms with Crippen molar-refractivity contribution in [2.24, 2.45) is 11.7 Å². The second-order valence-electron chi connectivity index (χ2n) is 9.36. The molecule has 34 heavy (non-hydrogen) atoms. The summed E-state index contributed by atoms with van der Waals surface area (Å²) in [7, 11) is 0. The molecule has 186 valence electrons. The number of carbonyl (C=O) groups is 3. The maximum atomic E-state index is 13.4. The van der Waals surface area contributed by atoms with Gasteiger partial charge in [-0.3, -0.25) is 24.2 Å². The van der Waals surface area contributed by atoms with E-state index in [2.05, 4.69) is 5.32 Å². The molecule has 2 atom stereocenters. The average molecular weight is 472 g/mol. The number of nitrogens with zero attached hydrogens (tertiary/aromatic N) is 3. The lowest BCUT2D eigenvalue weighted by molar-refractivity contribution is -0.158. The predicted octanol–water partition coefficient (Wildman–Crippen LogP) is 0.993. The quantitative estimate of drug-likeness (QED) is 0.460. The average Bonchev–Trinajstić information content (AvgIpc) is 2.81. The van der Waals surface area contributed by atoms with Gasteiger partial charge in [0.2, 0.25) is 12.3 Å². The fourth-order valence-corrected chi connectivity index (χ4v) is 4.47. The first-order valence-electron chi connectivity index (χ1n) is 12.1. The number of aliphatic hydroxyl groups is 1. The summed E-state index contributed by atoms with van der Waals surface area (Å²) in [6.45, 7) is 7.37. The fourth-order valence-electron chi connectivity index (χ4n) is 4.47. The number of benzene rings is 1. The van der Waals surface area contributed by atoms with Crippen molar-refractivity contribution in [1.29, 1.82) is 0 Å². The Kier molecular flexibility index (Phi) is 8.68. The predicted molar refractivity (Wildman–Crippen MR) is 129 cm³/mol. The van der Waals surface area contributed by atoms with Crippen LogP contribution >= 0.6 is 0 Å². The second-order valence-corrected chi connectivity index (χ2v) is 9.36. The van der Waals surface area contributed by atoms with E-state index in [1.165, 1.54) is 9.80 Å². The summed E-state index contributed by atoms with van der Waals surface area (Å²) in [5.74, 6) is -0.813. The Bertz CT molecular complexity index is 917. The number of piperidine rings is 1. The van der Waals surface area contributed by atoms with Crippen molar-refractivity contribution < 1.29 is 19.5 Å². The van der Waals surface area contributed by atoms with Gasteiger partial charge >= 0.3 is 0 Å². The van der Waals surface area contributed by atoms with Crippen molar-refractivity contribution in [2.75, 3.05) is 26.2 Å². The van der Waals surface area contributed by atoms with E-state index in [0.29, 0.717) is 25.4 Å². The van der Waals surface area contributed by atoms with Gasteiger partial charge in [0.05, 0.1) is 12.6 Å². The van der Waals surface area contributed by atoms with Gasteiger partial charge in [0.15, 0.2) is 5.78 Å². The molecule has 2 heterocycles. The molecule has 2 aliphatic heterocycles. The minimum atomic E-state index is -1.26. The number of Topliss-reactive ketones (excluding diaryl/α,β-unsaturated/α-hetero) is 1. The van der Waals surface area contributed by atoms with E-state index in [0.717, 1.165) is 18.4 Å². The standard InChI is InChI=1S/C25H37N5O4/c1-4-29-24(33)21(22(26)30(25(29)34)15-18-10-6-5-7-11-18)20(31)16-28-13-9-8-12-19(28)23(32)27-14-17(2)3/h5-7,10-11,17,19,25,34H,4,8-9,12-16,26H2,1-3H3,(H,27,32)/t19-,25?/m1/s1. The lowest BCUT2D eigenvalue weighted by Gasteiger charge is -2.42. The molecule has 2 aliphatic rings. The Labute approximate surface area is 201 Å². The van der Waals surface area contributed by atoms with Gasteiger partial charge in [-0.25, -0.2) is 0 Å². The molecular formula is C25H37N5O4. The summed E-state index contributed by atoms with van der Waals surface area (Å²) in [6, 6.07) is 9.01. The smallest absolute Gasteiger partial charge is 0.264 e. The third kappa shape index (κ3) is 5.77. The molecule has 2 amide bonds. The highest BCUT2D eigenvalue weighted by molar-refractivity contribution is 6.21. The van der Waals surface area contributed by atoms with Crippen LogP contribution < -0.4 is 11.1 Å². The SMILES string of the molecule is CCN1C(=O)C(C(=O)CN2CCCC[C@@H]2C(=O)NCC(C)C)=C(N)N(Cc2ccccc2)C1O. The Morgan fingerprint density at radius 3 is 2.53 bits per heavy atom. The summed E-state index contributed by atoms with van der Waals surface area (Å²) in [6.07, 6.45) is 1.19. The molecule has 0 radical (unpaired) electrons. The highest BCUT2D eigenvalue weighted by atomic mass is 16.3. The van der Waals surface area contributed by atoms with E-state index in [-0.39, 0.29) is 36.9 Å². The molecule has 1 aromatic carbocycles. The zero-order valence-electron chi connectivity index (χ0n) is 20.4. The number of amides is 2. The molecular weight excluding hydrogens is 434 g/mol. The van der Waals surface area contributed by atoms with Gasteiger partial charge in [0.1, 0.15) is 11.4 Å². The first-order valence-corrected chi connectivity index (χ1v) is 12.1. The Balaban J connectivity index is 1.83. The summed E-state index contributed by atoms with van der Waals surface area (Å²) in [5.41, 5.74) is 7.09. The van der Waals surface area contributed by atoms with E-state index in [4.69, 9.17) is 5.73 Å². The molecule has 3 rings (SSSR count). The zero-order chi connectivity index (χ0) is 24.8. The van der Waals surface area contributed by atoms with Gasteiger partial charge in [-0.05, 0) is 37.8 Å². The molecule has 1 unspecified atom stereocenters. The van der Waals surface area contributed by atoms with E-state index >= 15 is 0 Å². The Hall–Kier alpha value is -2.91. The van der Waals surface area contributed by atoms with Crippen LogP contribution in [0.5, 0.6) is 0 Å². The van der Waals surface area contributed by atoms with Crippen LogP contribution in [0.1, 0.15) is 45.6 Å². The van der Waals surface area contributed by atoms with Gasteiger partial charge in [-0.15, -0.1) is 0 Å². The number of likely N-dealkylation sites (tertiary alicyclic amines) is 1. The molecule has 1 fully saturated rings. The number of hydrogen-bond acceptors (Lipinski definition) is 7. The molecule has 9 nitrogen and oxygen atoms in total. The molecule has 0 aliphatic carbocycles. The molecule has 4 N–H and O–H groups in total. The third-order valence-corrected chi connectivity index (χ3v) is 6.36. The minimum Gasteiger partial charge on any atom is -0.384 e. The summed E-state index contributed by atoms with van der Waals surface area (Å²) >= 11 is 0. The molecule has 9 heteroatoms. The van der Waals surface area contributed by atoms with Crippen LogP contribution in [0, 0.1) is 5.92 Å². The highest BCUT2D eigenvalue weighted by Crippen LogP contribution is 2.25. The first-order chi connectivity index (χ1) is 16.2. The number of hydrogen-bond donors (Lipinski definition) is 3. The monoisotopic (exact) mass is 471 g/mol. The lowest BCUT2D eigenvalue weighted by atomic mass is 9.99. The van der Waals surface area contributed by atoms with Gasteiger partial charge in [0.25, 0.3) is 5.91 Å². The van der Waals surface area contributed by atoms with Crippen LogP contribution in [0.2, 0.25) is 0 Å². The molecule has 0 spiro atoms. The zero-order valence-corrected chi connectivity index (χ0v) is 20.4. The van der Waals surface area contributed by atoms with Gasteiger partial charge in [-0.1, -0.05) is 50.6 Å². The van der Waals surface area contributed by atoms with Crippen LogP contribution in [-0.2, 0) is 20.9 Å². The first kappa shape index (κ1) is 25.7. The Morgan fingerprint density at radius 2 is 1.88 bits per heavy atom. The fraction of sp³-hybridized carbons (Fsp3) is 0.560. The number of likely N-dealkylation sites (N-methyl/N-ethyl adjacent to an activating group) is 1. The van der Waals surface area contributed by atoms with E-state index in [1.54, 1.807) is 6.92 Å². The number of carbonyl (C=O) groups excluding carboxylic acids is 3. The molecule has 0 saturated carbocycles. The van der Waals surface area contributed by atoms with Crippen LogP contribution in [0.4, 0.5) is 0 Å². The van der Waals surface area contributed by atoms with Crippen LogP contribution in [-0.4, -0.2) is 76.0 Å². The van der Waals surface area contributed by atoms with Gasteiger partial charge in [-0.2, -0.15) is 0 Å². The minimum absolute atomic E-state index is 0.0335. The molecule has 0 bridgehead atoms. The topological polar surface area (TPSA) is 119 Å². The number of rotatable bonds is 9. The van der Waals surface area contributed by atoms with E-state index < -0.39 is 24.1 Å². The van der Waals surface area contributed by atoms with Gasteiger partial charge < -0.3 is 21.1 Å². The van der Waals surface area contributed by atoms with Crippen molar-refractivity contribution in [2.45, 2.75) is 59.0 Å². The summed E-state index contributed by atoms with van der Waals surface area (Å²) < 4.78 is 0. The Morgan fingerprint density at radius 1 is 1.18 bits per heavy atom. The van der Waals surface area contributed by atoms with Crippen LogP contribution in [0.25, 0.3) is 0 Å². The van der Waals surface area contributed by atoms with Crippen LogP contribution in [0.15, 0.2) is 41.7 Å². The van der Waals surface area contributed by atoms with Crippen LogP contribution in [0.3, 0.4) is 0 Å². The van der Waals surface area contributed by atoms with Crippen molar-refractivity contribution in [3.05, 3.63) is 47.3 Å². The summed E-state index contributed by atoms with van der Waals surface area (Å²) in [5, 5.41) is 13.8. The number of aliphatic hydroxyl groups excluding tert-OH is 1. The normalized spacial score (nSPS) is 21.9. The number of ketones is 1. The molecule has 1 aromatic rings. The highest BCUT2D eigenvalue weighted by Gasteiger charge is 2.41. The van der Waals surface area contributed by atoms with Crippen molar-refractivity contribution >= 4 is 17.6 Å². The third-order valence-electron chi connectivity index (χ3n) is 6.36. The maximum Gasteiger partial charge on any atom is 0.264 e. The summed E-state index contributed by atoms with van der Waals surface area (Å²) in [4.78, 5) is 43.9. The second kappa shape index (κ2) is 11.5. The van der Waals surface area contributed by atoms with Crippen molar-refractivity contribution in [3.63, 3.8) is 0 Å². The van der Waals surface area contributed by atoms with E-state index in [9.17, 15) is 19.5 Å². The number of nitrogens with one attached hydrogen (secondary N) is 1. The van der Waals surface area contributed by atoms with E-state index in [1.807, 2.05) is 49.1 Å². The maximum absolute atomic E-state index is 13.4. The number of nitrogens with two attached hydrogens (primary N) is 1. The van der Waals surface area contributed by atoms with Crippen molar-refractivity contribution in [1.82, 2.24) is 20.0 Å². The molecule has 0 aromatic heterocycles. The van der Waals surface area contributed by atoms with Crippen molar-refractivity contribution in [3.8, 4) is 0 Å². The lowest BCUT2D eigenvalue weighted by Crippen LogP contribution is -2.58. The van der Waals surface area contributed by atoms with Gasteiger partial charge in [0, 0.05) is 19.6 Å². The largest absolute Gasteiger partial charge is 0.384 e.